The number of pyridine rings is 1. The fourth-order valence-electron chi connectivity index (χ4n) is 2.08. The molecule has 0 bridgehead atoms. The van der Waals surface area contributed by atoms with E-state index in [1.54, 1.807) is 48.7 Å². The number of anilines is 1. The quantitative estimate of drug-likeness (QED) is 0.738. The van der Waals surface area contributed by atoms with Crippen LogP contribution in [0.4, 0.5) is 10.2 Å². The monoisotopic (exact) mass is 296 g/mol. The average Bonchev–Trinajstić information content (AvgIpc) is 3.09. The van der Waals surface area contributed by atoms with Gasteiger partial charge in [0.05, 0.1) is 12.8 Å². The molecule has 0 N–H and O–H groups in total. The van der Waals surface area contributed by atoms with Crippen LogP contribution >= 0.6 is 0 Å². The molecule has 110 valence electrons. The van der Waals surface area contributed by atoms with Gasteiger partial charge in [-0.25, -0.2) is 9.37 Å². The van der Waals surface area contributed by atoms with Crippen LogP contribution < -0.4 is 4.90 Å². The summed E-state index contributed by atoms with van der Waals surface area (Å²) in [4.78, 5) is 18.3. The Morgan fingerprint density at radius 3 is 2.55 bits per heavy atom. The SMILES string of the molecule is O=C(c1ccco1)N(Cc1ccc(F)cc1)c1ccccn1. The van der Waals surface area contributed by atoms with Gasteiger partial charge in [-0.05, 0) is 42.0 Å². The summed E-state index contributed by atoms with van der Waals surface area (Å²) in [6.07, 6.45) is 3.06. The lowest BCUT2D eigenvalue weighted by Crippen LogP contribution is -2.30. The van der Waals surface area contributed by atoms with E-state index in [-0.39, 0.29) is 24.0 Å². The molecule has 4 nitrogen and oxygen atoms in total. The lowest BCUT2D eigenvalue weighted by atomic mass is 10.2. The molecule has 0 aliphatic rings. The lowest BCUT2D eigenvalue weighted by molar-refractivity contribution is 0.0957. The van der Waals surface area contributed by atoms with Crippen molar-refractivity contribution in [3.8, 4) is 0 Å². The summed E-state index contributed by atoms with van der Waals surface area (Å²) in [6.45, 7) is 0.275. The smallest absolute Gasteiger partial charge is 0.295 e. The molecular formula is C17H13FN2O2. The number of nitrogens with zero attached hydrogens (tertiary/aromatic N) is 2. The van der Waals surface area contributed by atoms with E-state index < -0.39 is 0 Å². The van der Waals surface area contributed by atoms with Crippen molar-refractivity contribution in [1.29, 1.82) is 0 Å². The minimum atomic E-state index is -0.314. The Bertz CT molecular complexity index is 740. The molecule has 1 aromatic carbocycles. The molecular weight excluding hydrogens is 283 g/mol. The van der Waals surface area contributed by atoms with Gasteiger partial charge in [0.15, 0.2) is 5.76 Å². The van der Waals surface area contributed by atoms with Crippen LogP contribution in [-0.2, 0) is 6.54 Å². The Hall–Kier alpha value is -2.95. The van der Waals surface area contributed by atoms with Crippen LogP contribution in [0, 0.1) is 5.82 Å². The third-order valence-corrected chi connectivity index (χ3v) is 3.16. The van der Waals surface area contributed by atoms with Gasteiger partial charge in [0.1, 0.15) is 11.6 Å². The summed E-state index contributed by atoms with van der Waals surface area (Å²) in [5.41, 5.74) is 0.798. The van der Waals surface area contributed by atoms with E-state index >= 15 is 0 Å². The lowest BCUT2D eigenvalue weighted by Gasteiger charge is -2.20. The molecule has 22 heavy (non-hydrogen) atoms. The standard InChI is InChI=1S/C17H13FN2O2/c18-14-8-6-13(7-9-14)12-20(16-5-1-2-10-19-16)17(21)15-4-3-11-22-15/h1-11H,12H2. The highest BCUT2D eigenvalue weighted by molar-refractivity contribution is 6.03. The highest BCUT2D eigenvalue weighted by Crippen LogP contribution is 2.18. The topological polar surface area (TPSA) is 46.3 Å². The van der Waals surface area contributed by atoms with Gasteiger partial charge in [0, 0.05) is 6.20 Å². The summed E-state index contributed by atoms with van der Waals surface area (Å²) in [5, 5.41) is 0. The Kier molecular flexibility index (Phi) is 3.96. The summed E-state index contributed by atoms with van der Waals surface area (Å²) in [5.74, 6) is 0.125. The van der Waals surface area contributed by atoms with Crippen molar-refractivity contribution in [2.24, 2.45) is 0 Å². The predicted octanol–water partition coefficient (Wildman–Crippen LogP) is 3.66. The third-order valence-electron chi connectivity index (χ3n) is 3.16. The number of furan rings is 1. The highest BCUT2D eigenvalue weighted by atomic mass is 19.1. The first-order chi connectivity index (χ1) is 10.7. The molecule has 0 aliphatic carbocycles. The fraction of sp³-hybridized carbons (Fsp3) is 0.0588. The predicted molar refractivity (Wildman–Crippen MR) is 79.9 cm³/mol. The zero-order chi connectivity index (χ0) is 15.4. The van der Waals surface area contributed by atoms with Crippen LogP contribution in [0.3, 0.4) is 0 Å². The molecule has 3 rings (SSSR count). The Morgan fingerprint density at radius 1 is 1.09 bits per heavy atom. The number of carbonyl (C=O) groups excluding carboxylic acids is 1. The highest BCUT2D eigenvalue weighted by Gasteiger charge is 2.21. The minimum Gasteiger partial charge on any atom is -0.459 e. The van der Waals surface area contributed by atoms with Crippen molar-refractivity contribution >= 4 is 11.7 Å². The first kappa shape index (κ1) is 14.0. The number of hydrogen-bond acceptors (Lipinski definition) is 3. The number of benzene rings is 1. The number of halogens is 1. The van der Waals surface area contributed by atoms with Gasteiger partial charge in [0.2, 0.25) is 0 Å². The molecule has 0 spiro atoms. The molecule has 0 radical (unpaired) electrons. The molecule has 0 saturated heterocycles. The largest absolute Gasteiger partial charge is 0.459 e. The second-order valence-corrected chi connectivity index (χ2v) is 4.68. The van der Waals surface area contributed by atoms with Crippen LogP contribution in [0.2, 0.25) is 0 Å². The summed E-state index contributed by atoms with van der Waals surface area (Å²) in [6, 6.07) is 14.6. The fourth-order valence-corrected chi connectivity index (χ4v) is 2.08. The number of rotatable bonds is 4. The van der Waals surface area contributed by atoms with Crippen LogP contribution in [0.5, 0.6) is 0 Å². The second kappa shape index (κ2) is 6.22. The molecule has 0 saturated carbocycles. The third kappa shape index (κ3) is 3.03. The van der Waals surface area contributed by atoms with E-state index in [9.17, 15) is 9.18 Å². The first-order valence-electron chi connectivity index (χ1n) is 6.75. The summed E-state index contributed by atoms with van der Waals surface area (Å²) in [7, 11) is 0. The van der Waals surface area contributed by atoms with Crippen LogP contribution in [0.25, 0.3) is 0 Å². The maximum Gasteiger partial charge on any atom is 0.295 e. The number of aromatic nitrogens is 1. The van der Waals surface area contributed by atoms with E-state index in [1.807, 2.05) is 0 Å². The molecule has 0 atom stereocenters. The van der Waals surface area contributed by atoms with E-state index in [4.69, 9.17) is 4.42 Å². The van der Waals surface area contributed by atoms with Crippen molar-refractivity contribution < 1.29 is 13.6 Å². The van der Waals surface area contributed by atoms with Crippen molar-refractivity contribution in [1.82, 2.24) is 4.98 Å². The molecule has 3 aromatic rings. The van der Waals surface area contributed by atoms with Gasteiger partial charge in [-0.2, -0.15) is 0 Å². The molecule has 1 amide bonds. The van der Waals surface area contributed by atoms with Gasteiger partial charge < -0.3 is 4.42 Å². The van der Waals surface area contributed by atoms with Crippen LogP contribution in [-0.4, -0.2) is 10.9 Å². The Balaban J connectivity index is 1.92. The van der Waals surface area contributed by atoms with Gasteiger partial charge in [-0.15, -0.1) is 0 Å². The zero-order valence-corrected chi connectivity index (χ0v) is 11.6. The number of amides is 1. The van der Waals surface area contributed by atoms with Crippen molar-refractivity contribution in [2.45, 2.75) is 6.54 Å². The maximum absolute atomic E-state index is 13.0. The maximum atomic E-state index is 13.0. The van der Waals surface area contributed by atoms with Crippen molar-refractivity contribution in [3.63, 3.8) is 0 Å². The Morgan fingerprint density at radius 2 is 1.91 bits per heavy atom. The minimum absolute atomic E-state index is 0.229. The normalized spacial score (nSPS) is 10.4. The second-order valence-electron chi connectivity index (χ2n) is 4.68. The van der Waals surface area contributed by atoms with Crippen molar-refractivity contribution in [3.05, 3.63) is 84.2 Å². The molecule has 0 aliphatic heterocycles. The summed E-state index contributed by atoms with van der Waals surface area (Å²) < 4.78 is 18.2. The van der Waals surface area contributed by atoms with Gasteiger partial charge in [0.25, 0.3) is 5.91 Å². The first-order valence-corrected chi connectivity index (χ1v) is 6.75. The van der Waals surface area contributed by atoms with Gasteiger partial charge in [-0.1, -0.05) is 18.2 Å². The van der Waals surface area contributed by atoms with E-state index in [0.717, 1.165) is 5.56 Å². The average molecular weight is 296 g/mol. The van der Waals surface area contributed by atoms with E-state index in [0.29, 0.717) is 5.82 Å². The molecule has 5 heteroatoms. The van der Waals surface area contributed by atoms with Crippen molar-refractivity contribution in [2.75, 3.05) is 4.90 Å². The molecule has 0 fully saturated rings. The number of carbonyl (C=O) groups is 1. The van der Waals surface area contributed by atoms with E-state index in [1.165, 1.54) is 23.3 Å². The molecule has 0 unspecified atom stereocenters. The molecule has 2 aromatic heterocycles. The van der Waals surface area contributed by atoms with E-state index in [2.05, 4.69) is 4.98 Å². The zero-order valence-electron chi connectivity index (χ0n) is 11.6. The van der Waals surface area contributed by atoms with Gasteiger partial charge >= 0.3 is 0 Å². The molecule has 2 heterocycles. The Labute approximate surface area is 126 Å². The number of hydrogen-bond donors (Lipinski definition) is 0. The van der Waals surface area contributed by atoms with Gasteiger partial charge in [-0.3, -0.25) is 9.69 Å². The van der Waals surface area contributed by atoms with Crippen LogP contribution in [0.1, 0.15) is 16.1 Å². The van der Waals surface area contributed by atoms with Crippen LogP contribution in [0.15, 0.2) is 71.5 Å². The summed E-state index contributed by atoms with van der Waals surface area (Å²) >= 11 is 0.